The van der Waals surface area contributed by atoms with Gasteiger partial charge < -0.3 is 0 Å². The maximum atomic E-state index is 12.9. The monoisotopic (exact) mass is 383 g/mol. The summed E-state index contributed by atoms with van der Waals surface area (Å²) in [5, 5.41) is 9.27. The number of anilines is 1. The van der Waals surface area contributed by atoms with Crippen LogP contribution in [0.3, 0.4) is 0 Å². The molecule has 3 aromatic rings. The van der Waals surface area contributed by atoms with Gasteiger partial charge in [0.2, 0.25) is 5.13 Å². The molecule has 9 heteroatoms. The van der Waals surface area contributed by atoms with Crippen molar-refractivity contribution in [3.8, 4) is 0 Å². The molecule has 0 saturated carbocycles. The van der Waals surface area contributed by atoms with Crippen molar-refractivity contribution in [2.24, 2.45) is 0 Å². The molecule has 5 nitrogen and oxygen atoms in total. The van der Waals surface area contributed by atoms with Crippen molar-refractivity contribution in [3.05, 3.63) is 69.9 Å². The normalized spacial score (nSPS) is 11.4. The minimum absolute atomic E-state index is 0.0432. The van der Waals surface area contributed by atoms with Crippen molar-refractivity contribution in [1.82, 2.24) is 10.2 Å². The van der Waals surface area contributed by atoms with Crippen LogP contribution in [0.15, 0.2) is 53.4 Å². The van der Waals surface area contributed by atoms with E-state index in [4.69, 9.17) is 11.6 Å². The molecule has 1 heterocycles. The summed E-state index contributed by atoms with van der Waals surface area (Å²) in [6.07, 6.45) is 0.521. The lowest BCUT2D eigenvalue weighted by Crippen LogP contribution is -2.12. The van der Waals surface area contributed by atoms with Crippen LogP contribution in [0.25, 0.3) is 0 Å². The lowest BCUT2D eigenvalue weighted by atomic mass is 10.2. The quantitative estimate of drug-likeness (QED) is 0.728. The topological polar surface area (TPSA) is 72.0 Å². The van der Waals surface area contributed by atoms with Crippen LogP contribution < -0.4 is 4.72 Å². The van der Waals surface area contributed by atoms with Crippen LogP contribution in [0.5, 0.6) is 0 Å². The molecule has 0 bridgehead atoms. The third-order valence-corrected chi connectivity index (χ3v) is 5.66. The number of benzene rings is 2. The number of hydrogen-bond acceptors (Lipinski definition) is 5. The Hall–Kier alpha value is -2.03. The second kappa shape index (κ2) is 6.84. The van der Waals surface area contributed by atoms with Gasteiger partial charge in [-0.3, -0.25) is 4.72 Å². The summed E-state index contributed by atoms with van der Waals surface area (Å²) >= 11 is 6.97. The lowest BCUT2D eigenvalue weighted by molar-refractivity contribution is 0.599. The van der Waals surface area contributed by atoms with E-state index in [2.05, 4.69) is 14.9 Å². The van der Waals surface area contributed by atoms with Crippen LogP contribution >= 0.6 is 22.9 Å². The number of nitrogens with zero attached hydrogens (tertiary/aromatic N) is 2. The molecule has 0 radical (unpaired) electrons. The van der Waals surface area contributed by atoms with Crippen molar-refractivity contribution in [2.75, 3.05) is 4.72 Å². The van der Waals surface area contributed by atoms with Crippen molar-refractivity contribution in [2.45, 2.75) is 11.3 Å². The summed E-state index contributed by atoms with van der Waals surface area (Å²) in [5.41, 5.74) is 0.989. The average molecular weight is 384 g/mol. The van der Waals surface area contributed by atoms with E-state index >= 15 is 0 Å². The van der Waals surface area contributed by atoms with Crippen LogP contribution in [-0.2, 0) is 16.4 Å². The third kappa shape index (κ3) is 4.08. The second-order valence-electron chi connectivity index (χ2n) is 4.86. The summed E-state index contributed by atoms with van der Waals surface area (Å²) in [5.74, 6) is -0.505. The zero-order valence-electron chi connectivity index (χ0n) is 12.1. The summed E-state index contributed by atoms with van der Waals surface area (Å²) in [4.78, 5) is -0.0432. The molecule has 0 fully saturated rings. The fourth-order valence-corrected chi connectivity index (χ4v) is 4.06. The first-order valence-corrected chi connectivity index (χ1v) is 9.45. The molecule has 124 valence electrons. The van der Waals surface area contributed by atoms with E-state index in [0.717, 1.165) is 29.0 Å². The number of hydrogen-bond donors (Lipinski definition) is 1. The summed E-state index contributed by atoms with van der Waals surface area (Å²) in [6.45, 7) is 0. The van der Waals surface area contributed by atoms with Crippen LogP contribution in [0.2, 0.25) is 5.02 Å². The van der Waals surface area contributed by atoms with E-state index in [1.807, 2.05) is 12.1 Å². The highest BCUT2D eigenvalue weighted by molar-refractivity contribution is 7.93. The van der Waals surface area contributed by atoms with Gasteiger partial charge in [0.05, 0.1) is 4.90 Å². The first kappa shape index (κ1) is 16.8. The van der Waals surface area contributed by atoms with E-state index in [1.54, 1.807) is 12.1 Å². The highest BCUT2D eigenvalue weighted by Crippen LogP contribution is 2.22. The Morgan fingerprint density at radius 3 is 2.38 bits per heavy atom. The highest BCUT2D eigenvalue weighted by Gasteiger charge is 2.17. The summed E-state index contributed by atoms with van der Waals surface area (Å²) in [6, 6.07) is 11.8. The number of rotatable bonds is 5. The fraction of sp³-hybridized carbons (Fsp3) is 0.0667. The summed E-state index contributed by atoms with van der Waals surface area (Å²) in [7, 11) is -3.82. The molecular formula is C15H11ClFN3O2S2. The second-order valence-corrected chi connectivity index (χ2v) is 8.04. The van der Waals surface area contributed by atoms with Crippen molar-refractivity contribution < 1.29 is 12.8 Å². The third-order valence-electron chi connectivity index (χ3n) is 3.08. The molecule has 0 unspecified atom stereocenters. The van der Waals surface area contributed by atoms with Gasteiger partial charge in [-0.1, -0.05) is 35.1 Å². The largest absolute Gasteiger partial charge is 0.263 e. The van der Waals surface area contributed by atoms with Gasteiger partial charge in [0.1, 0.15) is 10.8 Å². The van der Waals surface area contributed by atoms with E-state index in [9.17, 15) is 12.8 Å². The molecule has 0 amide bonds. The van der Waals surface area contributed by atoms with E-state index < -0.39 is 15.8 Å². The zero-order valence-corrected chi connectivity index (χ0v) is 14.5. The molecule has 1 N–H and O–H groups in total. The number of aromatic nitrogens is 2. The molecule has 0 atom stereocenters. The maximum absolute atomic E-state index is 12.9. The number of sulfonamides is 1. The zero-order chi connectivity index (χ0) is 17.2. The molecule has 0 aliphatic heterocycles. The predicted molar refractivity (Wildman–Crippen MR) is 91.4 cm³/mol. The van der Waals surface area contributed by atoms with E-state index in [1.165, 1.54) is 12.1 Å². The van der Waals surface area contributed by atoms with Crippen LogP contribution in [0.1, 0.15) is 10.6 Å². The molecule has 0 spiro atoms. The minimum atomic E-state index is -3.82. The van der Waals surface area contributed by atoms with Crippen molar-refractivity contribution in [1.29, 1.82) is 0 Å². The van der Waals surface area contributed by atoms with Gasteiger partial charge in [-0.15, -0.1) is 10.2 Å². The molecular weight excluding hydrogens is 373 g/mol. The number of halogens is 2. The van der Waals surface area contributed by atoms with Crippen LogP contribution in [0, 0.1) is 5.82 Å². The van der Waals surface area contributed by atoms with Gasteiger partial charge in [0.25, 0.3) is 10.0 Å². The standard InChI is InChI=1S/C15H11ClFN3O2S2/c16-11-3-1-10(2-4-11)9-14-18-19-15(23-14)20-24(21,22)13-7-5-12(17)6-8-13/h1-8H,9H2,(H,19,20). The molecule has 2 aromatic carbocycles. The first-order chi connectivity index (χ1) is 11.4. The molecule has 3 rings (SSSR count). The maximum Gasteiger partial charge on any atom is 0.263 e. The molecule has 0 saturated heterocycles. The minimum Gasteiger partial charge on any atom is -0.253 e. The van der Waals surface area contributed by atoms with Gasteiger partial charge in [-0.25, -0.2) is 12.8 Å². The molecule has 0 aliphatic carbocycles. The predicted octanol–water partition coefficient (Wildman–Crippen LogP) is 3.72. The Balaban J connectivity index is 1.73. The average Bonchev–Trinajstić information content (AvgIpc) is 2.96. The Kier molecular flexibility index (Phi) is 4.79. The number of nitrogens with one attached hydrogen (secondary N) is 1. The van der Waals surface area contributed by atoms with Gasteiger partial charge in [0, 0.05) is 11.4 Å². The Bertz CT molecular complexity index is 942. The van der Waals surface area contributed by atoms with Crippen molar-refractivity contribution >= 4 is 38.1 Å². The fourth-order valence-electron chi connectivity index (χ4n) is 1.93. The Labute approximate surface area is 147 Å². The highest BCUT2D eigenvalue weighted by atomic mass is 35.5. The van der Waals surface area contributed by atoms with Gasteiger partial charge >= 0.3 is 0 Å². The van der Waals surface area contributed by atoms with Crippen molar-refractivity contribution in [3.63, 3.8) is 0 Å². The van der Waals surface area contributed by atoms with Gasteiger partial charge in [-0.05, 0) is 42.0 Å². The summed E-state index contributed by atoms with van der Waals surface area (Å²) < 4.78 is 39.7. The SMILES string of the molecule is O=S(=O)(Nc1nnc(Cc2ccc(Cl)cc2)s1)c1ccc(F)cc1. The van der Waals surface area contributed by atoms with Gasteiger partial charge in [-0.2, -0.15) is 0 Å². The molecule has 1 aromatic heterocycles. The van der Waals surface area contributed by atoms with E-state index in [-0.39, 0.29) is 10.0 Å². The van der Waals surface area contributed by atoms with Gasteiger partial charge in [0.15, 0.2) is 0 Å². The molecule has 0 aliphatic rings. The molecule has 24 heavy (non-hydrogen) atoms. The van der Waals surface area contributed by atoms with Crippen LogP contribution in [0.4, 0.5) is 9.52 Å². The lowest BCUT2D eigenvalue weighted by Gasteiger charge is -2.04. The first-order valence-electron chi connectivity index (χ1n) is 6.77. The Morgan fingerprint density at radius 2 is 1.71 bits per heavy atom. The Morgan fingerprint density at radius 1 is 1.04 bits per heavy atom. The smallest absolute Gasteiger partial charge is 0.253 e. The van der Waals surface area contributed by atoms with E-state index in [0.29, 0.717) is 16.5 Å². The van der Waals surface area contributed by atoms with Crippen LogP contribution in [-0.4, -0.2) is 18.6 Å².